The number of benzene rings is 2. The maximum atomic E-state index is 12.7. The second-order valence-electron chi connectivity index (χ2n) is 6.13. The lowest BCUT2D eigenvalue weighted by atomic mass is 9.85. The molecule has 26 heavy (non-hydrogen) atoms. The van der Waals surface area contributed by atoms with E-state index in [9.17, 15) is 19.8 Å². The first-order valence-electron chi connectivity index (χ1n) is 7.86. The molecule has 1 aliphatic rings. The number of carbonyl (C=O) groups excluding carboxylic acids is 2. The number of phenolic OH excluding ortho intramolecular Hbond substituents is 1. The third-order valence-corrected chi connectivity index (χ3v) is 4.73. The second-order valence-corrected chi connectivity index (χ2v) is 7.04. The lowest BCUT2D eigenvalue weighted by molar-refractivity contribution is -0.111. The van der Waals surface area contributed by atoms with Crippen LogP contribution in [0.4, 0.5) is 5.69 Å². The van der Waals surface area contributed by atoms with Crippen molar-refractivity contribution in [3.05, 3.63) is 70.7 Å². The lowest BCUT2D eigenvalue weighted by Crippen LogP contribution is -2.61. The van der Waals surface area contributed by atoms with E-state index in [0.29, 0.717) is 11.3 Å². The van der Waals surface area contributed by atoms with E-state index < -0.39 is 17.4 Å². The minimum Gasteiger partial charge on any atom is -0.507 e. The minimum absolute atomic E-state index is 0.0585. The molecule has 0 bridgehead atoms. The molecule has 0 radical (unpaired) electrons. The van der Waals surface area contributed by atoms with Crippen LogP contribution >= 0.6 is 15.9 Å². The Labute approximate surface area is 158 Å². The molecule has 1 fully saturated rings. The number of hydrogen-bond donors (Lipinski definition) is 3. The summed E-state index contributed by atoms with van der Waals surface area (Å²) >= 11 is 3.37. The van der Waals surface area contributed by atoms with Crippen LogP contribution in [0.5, 0.6) is 5.75 Å². The number of aromatic hydroxyl groups is 1. The SMILES string of the molecule is C=CC(=O)Nc1ccc(O)c(C(=O)N2CC(O)(c3cccc(Br)c3)C2)c1. The number of halogens is 1. The molecule has 0 aliphatic carbocycles. The number of phenols is 1. The fourth-order valence-electron chi connectivity index (χ4n) is 2.84. The van der Waals surface area contributed by atoms with Crippen molar-refractivity contribution in [3.8, 4) is 5.75 Å². The van der Waals surface area contributed by atoms with E-state index in [1.165, 1.54) is 23.1 Å². The Bertz CT molecular complexity index is 891. The Hall–Kier alpha value is -2.64. The van der Waals surface area contributed by atoms with Crippen LogP contribution in [0.2, 0.25) is 0 Å². The second kappa shape index (κ2) is 6.93. The van der Waals surface area contributed by atoms with Gasteiger partial charge in [0.2, 0.25) is 5.91 Å². The Morgan fingerprint density at radius 3 is 2.62 bits per heavy atom. The van der Waals surface area contributed by atoms with Gasteiger partial charge in [-0.2, -0.15) is 0 Å². The molecule has 2 aromatic rings. The van der Waals surface area contributed by atoms with Crippen molar-refractivity contribution in [1.82, 2.24) is 4.90 Å². The summed E-state index contributed by atoms with van der Waals surface area (Å²) in [5.74, 6) is -1.02. The molecule has 134 valence electrons. The molecule has 3 rings (SSSR count). The number of nitrogens with one attached hydrogen (secondary N) is 1. The lowest BCUT2D eigenvalue weighted by Gasteiger charge is -2.46. The molecule has 0 unspecified atom stereocenters. The fourth-order valence-corrected chi connectivity index (χ4v) is 3.24. The zero-order valence-electron chi connectivity index (χ0n) is 13.8. The zero-order chi connectivity index (χ0) is 18.9. The Morgan fingerprint density at radius 1 is 1.23 bits per heavy atom. The summed E-state index contributed by atoms with van der Waals surface area (Å²) in [6, 6.07) is 11.5. The van der Waals surface area contributed by atoms with Crippen LogP contribution in [0.1, 0.15) is 15.9 Å². The molecule has 3 N–H and O–H groups in total. The number of carbonyl (C=O) groups is 2. The first kappa shape index (κ1) is 18.2. The maximum absolute atomic E-state index is 12.7. The smallest absolute Gasteiger partial charge is 0.257 e. The van der Waals surface area contributed by atoms with Gasteiger partial charge in [-0.1, -0.05) is 34.6 Å². The fraction of sp³-hybridized carbons (Fsp3) is 0.158. The molecule has 0 spiro atoms. The summed E-state index contributed by atoms with van der Waals surface area (Å²) in [6.07, 6.45) is 1.11. The molecule has 0 saturated carbocycles. The summed E-state index contributed by atoms with van der Waals surface area (Å²) in [6.45, 7) is 3.60. The monoisotopic (exact) mass is 416 g/mol. The van der Waals surface area contributed by atoms with E-state index in [2.05, 4.69) is 27.8 Å². The number of rotatable bonds is 4. The van der Waals surface area contributed by atoms with Crippen molar-refractivity contribution >= 4 is 33.4 Å². The quantitative estimate of drug-likeness (QED) is 0.527. The number of amides is 2. The molecule has 7 heteroatoms. The maximum Gasteiger partial charge on any atom is 0.257 e. The van der Waals surface area contributed by atoms with Crippen LogP contribution in [-0.4, -0.2) is 40.0 Å². The Morgan fingerprint density at radius 2 is 1.96 bits per heavy atom. The average molecular weight is 417 g/mol. The van der Waals surface area contributed by atoms with E-state index in [-0.39, 0.29) is 24.4 Å². The van der Waals surface area contributed by atoms with E-state index in [1.807, 2.05) is 18.2 Å². The highest BCUT2D eigenvalue weighted by Crippen LogP contribution is 2.35. The topological polar surface area (TPSA) is 89.9 Å². The van der Waals surface area contributed by atoms with Crippen molar-refractivity contribution < 1.29 is 19.8 Å². The summed E-state index contributed by atoms with van der Waals surface area (Å²) < 4.78 is 0.844. The Balaban J connectivity index is 1.76. The van der Waals surface area contributed by atoms with Gasteiger partial charge < -0.3 is 20.4 Å². The summed E-state index contributed by atoms with van der Waals surface area (Å²) in [4.78, 5) is 25.5. The molecular formula is C19H17BrN2O4. The van der Waals surface area contributed by atoms with Crippen LogP contribution < -0.4 is 5.32 Å². The third kappa shape index (κ3) is 3.49. The number of nitrogens with zero attached hydrogens (tertiary/aromatic N) is 1. The van der Waals surface area contributed by atoms with Gasteiger partial charge in [0, 0.05) is 10.2 Å². The predicted octanol–water partition coefficient (Wildman–Crippen LogP) is 2.62. The Kier molecular flexibility index (Phi) is 4.84. The molecule has 0 atom stereocenters. The summed E-state index contributed by atoms with van der Waals surface area (Å²) in [5, 5.41) is 23.2. The number of aliphatic hydroxyl groups is 1. The largest absolute Gasteiger partial charge is 0.507 e. The van der Waals surface area contributed by atoms with Gasteiger partial charge in [0.15, 0.2) is 0 Å². The molecule has 1 heterocycles. The number of anilines is 1. The third-order valence-electron chi connectivity index (χ3n) is 4.23. The molecular weight excluding hydrogens is 400 g/mol. The molecule has 6 nitrogen and oxygen atoms in total. The van der Waals surface area contributed by atoms with Gasteiger partial charge in [-0.25, -0.2) is 0 Å². The van der Waals surface area contributed by atoms with Crippen molar-refractivity contribution in [1.29, 1.82) is 0 Å². The van der Waals surface area contributed by atoms with Gasteiger partial charge >= 0.3 is 0 Å². The first-order valence-corrected chi connectivity index (χ1v) is 8.66. The van der Waals surface area contributed by atoms with Gasteiger partial charge in [0.05, 0.1) is 18.7 Å². The van der Waals surface area contributed by atoms with Crippen LogP contribution in [-0.2, 0) is 10.4 Å². The van der Waals surface area contributed by atoms with Gasteiger partial charge in [-0.05, 0) is 42.0 Å². The highest BCUT2D eigenvalue weighted by atomic mass is 79.9. The number of hydrogen-bond acceptors (Lipinski definition) is 4. The summed E-state index contributed by atoms with van der Waals surface area (Å²) in [5.41, 5.74) is 0.0260. The van der Waals surface area contributed by atoms with Gasteiger partial charge in [-0.3, -0.25) is 9.59 Å². The van der Waals surface area contributed by atoms with Crippen LogP contribution in [0, 0.1) is 0 Å². The van der Waals surface area contributed by atoms with Gasteiger partial charge in [-0.15, -0.1) is 0 Å². The predicted molar refractivity (Wildman–Crippen MR) is 101 cm³/mol. The van der Waals surface area contributed by atoms with E-state index in [4.69, 9.17) is 0 Å². The molecule has 1 saturated heterocycles. The van der Waals surface area contributed by atoms with Crippen LogP contribution in [0.3, 0.4) is 0 Å². The van der Waals surface area contributed by atoms with E-state index in [0.717, 1.165) is 10.5 Å². The number of β-amino-alcohol motifs (C(OH)–C–C–N with tert-alkyl or cyclic N) is 1. The zero-order valence-corrected chi connectivity index (χ0v) is 15.4. The van der Waals surface area contributed by atoms with Crippen molar-refractivity contribution in [2.45, 2.75) is 5.60 Å². The highest BCUT2D eigenvalue weighted by Gasteiger charge is 2.45. The van der Waals surface area contributed by atoms with Crippen molar-refractivity contribution in [2.24, 2.45) is 0 Å². The highest BCUT2D eigenvalue weighted by molar-refractivity contribution is 9.10. The normalized spacial score (nSPS) is 15.1. The van der Waals surface area contributed by atoms with E-state index >= 15 is 0 Å². The average Bonchev–Trinajstić information content (AvgIpc) is 2.60. The summed E-state index contributed by atoms with van der Waals surface area (Å²) in [7, 11) is 0. The van der Waals surface area contributed by atoms with Gasteiger partial charge in [0.25, 0.3) is 5.91 Å². The minimum atomic E-state index is -1.12. The molecule has 2 amide bonds. The van der Waals surface area contributed by atoms with E-state index in [1.54, 1.807) is 6.07 Å². The molecule has 2 aromatic carbocycles. The molecule has 0 aromatic heterocycles. The van der Waals surface area contributed by atoms with Gasteiger partial charge in [0.1, 0.15) is 11.4 Å². The first-order chi connectivity index (χ1) is 12.3. The standard InChI is InChI=1S/C19H17BrN2O4/c1-2-17(24)21-14-6-7-16(23)15(9-14)18(25)22-10-19(26,11-22)12-4-3-5-13(20)8-12/h2-9,23,26H,1,10-11H2,(H,21,24). The van der Waals surface area contributed by atoms with Crippen LogP contribution in [0.25, 0.3) is 0 Å². The van der Waals surface area contributed by atoms with Crippen LogP contribution in [0.15, 0.2) is 59.6 Å². The number of likely N-dealkylation sites (tertiary alicyclic amines) is 1. The van der Waals surface area contributed by atoms with Crippen molar-refractivity contribution in [3.63, 3.8) is 0 Å². The van der Waals surface area contributed by atoms with Crippen molar-refractivity contribution in [2.75, 3.05) is 18.4 Å². The molecule has 1 aliphatic heterocycles.